The zero-order valence-corrected chi connectivity index (χ0v) is 15.6. The molecule has 2 amide bonds. The molecule has 0 spiro atoms. The Hall–Kier alpha value is -3.17. The van der Waals surface area contributed by atoms with Gasteiger partial charge in [-0.2, -0.15) is 0 Å². The maximum atomic E-state index is 12.6. The largest absolute Gasteiger partial charge is 0.506 e. The molecule has 0 saturated heterocycles. The van der Waals surface area contributed by atoms with E-state index in [0.29, 0.717) is 0 Å². The van der Waals surface area contributed by atoms with E-state index in [1.54, 1.807) is 12.1 Å². The summed E-state index contributed by atoms with van der Waals surface area (Å²) in [6, 6.07) is 9.84. The van der Waals surface area contributed by atoms with Crippen LogP contribution in [0.2, 0.25) is 0 Å². The first-order chi connectivity index (χ1) is 13.3. The minimum Gasteiger partial charge on any atom is -0.506 e. The van der Waals surface area contributed by atoms with Gasteiger partial charge in [-0.3, -0.25) is 9.59 Å². The fourth-order valence-electron chi connectivity index (χ4n) is 2.43. The van der Waals surface area contributed by atoms with Crippen molar-refractivity contribution in [1.29, 1.82) is 0 Å². The van der Waals surface area contributed by atoms with Crippen LogP contribution in [-0.2, 0) is 14.8 Å². The van der Waals surface area contributed by atoms with Gasteiger partial charge in [0.25, 0.3) is 5.91 Å². The van der Waals surface area contributed by atoms with Crippen LogP contribution in [-0.4, -0.2) is 31.4 Å². The number of anilines is 2. The zero-order valence-electron chi connectivity index (χ0n) is 14.8. The molecule has 1 aliphatic rings. The van der Waals surface area contributed by atoms with E-state index in [1.165, 1.54) is 30.3 Å². The average molecular weight is 401 g/mol. The Kier molecular flexibility index (Phi) is 5.48. The molecule has 1 fully saturated rings. The van der Waals surface area contributed by atoms with Crippen molar-refractivity contribution in [3.05, 3.63) is 60.7 Å². The van der Waals surface area contributed by atoms with Crippen molar-refractivity contribution < 1.29 is 23.1 Å². The molecule has 2 aromatic carbocycles. The van der Waals surface area contributed by atoms with Crippen molar-refractivity contribution in [3.8, 4) is 5.75 Å². The van der Waals surface area contributed by atoms with Crippen LogP contribution in [0.25, 0.3) is 0 Å². The first kappa shape index (κ1) is 19.6. The van der Waals surface area contributed by atoms with Crippen molar-refractivity contribution in [1.82, 2.24) is 4.72 Å². The number of carbonyl (C=O) groups is 2. The lowest BCUT2D eigenvalue weighted by molar-refractivity contribution is -0.111. The lowest BCUT2D eigenvalue weighted by Gasteiger charge is -2.13. The number of aromatic hydroxyl groups is 1. The van der Waals surface area contributed by atoms with E-state index in [4.69, 9.17) is 0 Å². The highest BCUT2D eigenvalue weighted by Gasteiger charge is 2.28. The first-order valence-corrected chi connectivity index (χ1v) is 9.97. The molecule has 146 valence electrons. The molecule has 0 aliphatic heterocycles. The molecule has 0 unspecified atom stereocenters. The van der Waals surface area contributed by atoms with Crippen molar-refractivity contribution in [3.63, 3.8) is 0 Å². The van der Waals surface area contributed by atoms with Crippen LogP contribution in [0.4, 0.5) is 11.4 Å². The van der Waals surface area contributed by atoms with Crippen LogP contribution in [0.3, 0.4) is 0 Å². The average Bonchev–Trinajstić information content (AvgIpc) is 3.47. The number of rotatable bonds is 7. The van der Waals surface area contributed by atoms with E-state index in [2.05, 4.69) is 21.9 Å². The summed E-state index contributed by atoms with van der Waals surface area (Å²) in [6.45, 7) is 3.36. The molecule has 0 bridgehead atoms. The molecular formula is C19H19N3O5S. The summed E-state index contributed by atoms with van der Waals surface area (Å²) in [7, 11) is -3.74. The smallest absolute Gasteiger partial charge is 0.257 e. The maximum Gasteiger partial charge on any atom is 0.257 e. The number of amides is 2. The summed E-state index contributed by atoms with van der Waals surface area (Å²) in [6.07, 6.45) is 2.64. The van der Waals surface area contributed by atoms with Gasteiger partial charge in [-0.25, -0.2) is 13.1 Å². The van der Waals surface area contributed by atoms with E-state index in [-0.39, 0.29) is 33.6 Å². The molecule has 0 heterocycles. The van der Waals surface area contributed by atoms with Crippen molar-refractivity contribution >= 4 is 33.2 Å². The Balaban J connectivity index is 1.85. The lowest BCUT2D eigenvalue weighted by Crippen LogP contribution is -2.25. The van der Waals surface area contributed by atoms with Crippen LogP contribution in [0.1, 0.15) is 23.2 Å². The summed E-state index contributed by atoms with van der Waals surface area (Å²) in [5.41, 5.74) is 0.332. The van der Waals surface area contributed by atoms with Gasteiger partial charge in [0.1, 0.15) is 5.75 Å². The number of nitrogens with one attached hydrogen (secondary N) is 3. The van der Waals surface area contributed by atoms with E-state index >= 15 is 0 Å². The minimum absolute atomic E-state index is 0.0616. The molecule has 8 nitrogen and oxygen atoms in total. The fourth-order valence-corrected chi connectivity index (χ4v) is 3.77. The SMILES string of the molecule is C=CC(=O)Nc1ccccc1C(=O)Nc1cc(S(=O)(=O)NC2CC2)ccc1O. The Morgan fingerprint density at radius 2 is 1.79 bits per heavy atom. The second-order valence-electron chi connectivity index (χ2n) is 6.27. The predicted octanol–water partition coefficient (Wildman–Crippen LogP) is 2.21. The Morgan fingerprint density at radius 1 is 1.07 bits per heavy atom. The van der Waals surface area contributed by atoms with Gasteiger partial charge in [-0.1, -0.05) is 18.7 Å². The highest BCUT2D eigenvalue weighted by Crippen LogP contribution is 2.29. The van der Waals surface area contributed by atoms with E-state index < -0.39 is 21.8 Å². The second-order valence-corrected chi connectivity index (χ2v) is 7.98. The predicted molar refractivity (Wildman–Crippen MR) is 105 cm³/mol. The number of phenolic OH excluding ortho intramolecular Hbond substituents is 1. The van der Waals surface area contributed by atoms with Gasteiger partial charge >= 0.3 is 0 Å². The number of benzene rings is 2. The van der Waals surface area contributed by atoms with E-state index in [9.17, 15) is 23.1 Å². The van der Waals surface area contributed by atoms with Crippen LogP contribution in [0.5, 0.6) is 5.75 Å². The Morgan fingerprint density at radius 3 is 2.46 bits per heavy atom. The fraction of sp³-hybridized carbons (Fsp3) is 0.158. The second kappa shape index (κ2) is 7.83. The minimum atomic E-state index is -3.74. The summed E-state index contributed by atoms with van der Waals surface area (Å²) in [5, 5.41) is 15.0. The Labute approximate surface area is 162 Å². The van der Waals surface area contributed by atoms with Crippen molar-refractivity contribution in [2.45, 2.75) is 23.8 Å². The van der Waals surface area contributed by atoms with Crippen molar-refractivity contribution in [2.75, 3.05) is 10.6 Å². The van der Waals surface area contributed by atoms with E-state index in [0.717, 1.165) is 18.9 Å². The number of phenols is 1. The molecule has 0 atom stereocenters. The summed E-state index contributed by atoms with van der Waals surface area (Å²) >= 11 is 0. The highest BCUT2D eigenvalue weighted by atomic mass is 32.2. The number of carbonyl (C=O) groups excluding carboxylic acids is 2. The molecule has 2 aromatic rings. The van der Waals surface area contributed by atoms with Gasteiger partial charge in [-0.05, 0) is 49.2 Å². The third-order valence-electron chi connectivity index (χ3n) is 4.04. The number of hydrogen-bond donors (Lipinski definition) is 4. The molecule has 9 heteroatoms. The molecular weight excluding hydrogens is 382 g/mol. The monoisotopic (exact) mass is 401 g/mol. The Bertz CT molecular complexity index is 1050. The molecule has 28 heavy (non-hydrogen) atoms. The highest BCUT2D eigenvalue weighted by molar-refractivity contribution is 7.89. The summed E-state index contributed by atoms with van der Waals surface area (Å²) in [5.74, 6) is -1.39. The number of para-hydroxylation sites is 1. The maximum absolute atomic E-state index is 12.6. The molecule has 0 aromatic heterocycles. The molecule has 1 saturated carbocycles. The van der Waals surface area contributed by atoms with Gasteiger partial charge in [0.05, 0.1) is 21.8 Å². The summed E-state index contributed by atoms with van der Waals surface area (Å²) < 4.78 is 27.2. The standard InChI is InChI=1S/C19H19N3O5S/c1-2-18(24)20-15-6-4-3-5-14(15)19(25)21-16-11-13(9-10-17(16)23)28(26,27)22-12-7-8-12/h2-6,9-12,22-23H,1,7-8H2,(H,20,24)(H,21,25). The van der Waals surface area contributed by atoms with Gasteiger partial charge in [0.2, 0.25) is 15.9 Å². The topological polar surface area (TPSA) is 125 Å². The van der Waals surface area contributed by atoms with Crippen LogP contribution in [0.15, 0.2) is 60.0 Å². The molecule has 3 rings (SSSR count). The van der Waals surface area contributed by atoms with Crippen LogP contribution < -0.4 is 15.4 Å². The quantitative estimate of drug-likeness (QED) is 0.418. The van der Waals surface area contributed by atoms with Gasteiger partial charge in [0.15, 0.2) is 0 Å². The third kappa shape index (κ3) is 4.56. The van der Waals surface area contributed by atoms with Gasteiger partial charge < -0.3 is 15.7 Å². The first-order valence-electron chi connectivity index (χ1n) is 8.49. The van der Waals surface area contributed by atoms with Gasteiger partial charge in [-0.15, -0.1) is 0 Å². The molecule has 1 aliphatic carbocycles. The number of sulfonamides is 1. The summed E-state index contributed by atoms with van der Waals surface area (Å²) in [4.78, 5) is 24.1. The number of hydrogen-bond acceptors (Lipinski definition) is 5. The zero-order chi connectivity index (χ0) is 20.3. The van der Waals surface area contributed by atoms with Crippen molar-refractivity contribution in [2.24, 2.45) is 0 Å². The van der Waals surface area contributed by atoms with Crippen LogP contribution in [0, 0.1) is 0 Å². The lowest BCUT2D eigenvalue weighted by atomic mass is 10.1. The van der Waals surface area contributed by atoms with Crippen LogP contribution >= 0.6 is 0 Å². The molecule has 0 radical (unpaired) electrons. The van der Waals surface area contributed by atoms with Gasteiger partial charge in [0, 0.05) is 6.04 Å². The normalized spacial score (nSPS) is 13.6. The molecule has 4 N–H and O–H groups in total. The van der Waals surface area contributed by atoms with E-state index in [1.807, 2.05) is 0 Å². The third-order valence-corrected chi connectivity index (χ3v) is 5.56.